The lowest BCUT2D eigenvalue weighted by Crippen LogP contribution is -2.47. The average molecular weight is 1040 g/mol. The maximum Gasteiger partial charge on any atom is 0.472 e. The average Bonchev–Trinajstić information content (AvgIpc) is 3.35. The molecule has 0 aromatic heterocycles. The van der Waals surface area contributed by atoms with E-state index in [0.29, 0.717) is 30.3 Å². The smallest absolute Gasteiger partial charge is 0.456 e. The number of nitrogens with zero attached hydrogens (tertiary/aromatic N) is 1. The van der Waals surface area contributed by atoms with Gasteiger partial charge in [0.2, 0.25) is 5.91 Å². The molecule has 0 saturated heterocycles. The fourth-order valence-electron chi connectivity index (χ4n) is 7.94. The van der Waals surface area contributed by atoms with Crippen LogP contribution in [0.5, 0.6) is 0 Å². The number of carbonyl (C=O) groups excluding carboxylic acids is 2. The Morgan fingerprint density at radius 3 is 1.34 bits per heavy atom. The maximum absolute atomic E-state index is 13.5. The van der Waals surface area contributed by atoms with E-state index in [4.69, 9.17) is 13.8 Å². The number of carbonyl (C=O) groups is 2. The number of phosphoric ester groups is 1. The van der Waals surface area contributed by atoms with E-state index in [1.165, 1.54) is 96.3 Å². The van der Waals surface area contributed by atoms with Crippen molar-refractivity contribution in [3.05, 3.63) is 97.2 Å². The number of likely N-dealkylation sites (N-methyl/N-ethyl adjacent to an activating group) is 1. The standard InChI is InChI=1S/C63H111N2O7P/c1-7-10-13-16-19-22-25-28-29-30-31-32-33-34-35-38-41-44-47-50-53-56-63(67)72-61(54-51-48-45-42-39-36-26-23-20-17-14-11-8-2)60(59-71-73(68,69)70-58-57-65(4,5)6)64-62(66)55-52-49-46-43-40-37-27-24-21-18-15-12-9-3/h10,13,19,22,28-29,31-32,34-35,37,40-41,44,51,54,60-61H,7-9,11-12,14-18,20-21,23-27,30,33,36,38-39,42-43,45-50,52-53,55-59H2,1-6H3,(H-,64,66,68,69)/p+1/b13-10-,22-19-,29-28-,32-31-,35-34-,40-37-,44-41-,54-51-. The van der Waals surface area contributed by atoms with Crippen LogP contribution < -0.4 is 5.32 Å². The highest BCUT2D eigenvalue weighted by molar-refractivity contribution is 7.47. The normalized spacial score (nSPS) is 14.5. The van der Waals surface area contributed by atoms with Gasteiger partial charge in [0.15, 0.2) is 0 Å². The van der Waals surface area contributed by atoms with E-state index in [9.17, 15) is 19.0 Å². The second-order valence-electron chi connectivity index (χ2n) is 20.8. The molecule has 0 spiro atoms. The molecular weight excluding hydrogens is 928 g/mol. The number of allylic oxidation sites excluding steroid dienone is 15. The first kappa shape index (κ1) is 69.9. The predicted molar refractivity (Wildman–Crippen MR) is 314 cm³/mol. The van der Waals surface area contributed by atoms with E-state index in [1.54, 1.807) is 0 Å². The number of unbranched alkanes of at least 4 members (excludes halogenated alkanes) is 22. The highest BCUT2D eigenvalue weighted by atomic mass is 31.2. The molecule has 0 aromatic rings. The predicted octanol–water partition coefficient (Wildman–Crippen LogP) is 18.0. The first-order valence-electron chi connectivity index (χ1n) is 29.6. The summed E-state index contributed by atoms with van der Waals surface area (Å²) in [7, 11) is 1.45. The summed E-state index contributed by atoms with van der Waals surface area (Å²) in [5.41, 5.74) is 0. The molecular formula is C63H112N2O7P+. The molecule has 2 N–H and O–H groups in total. The molecule has 3 unspecified atom stereocenters. The minimum absolute atomic E-state index is 0.0262. The zero-order valence-corrected chi connectivity index (χ0v) is 48.7. The van der Waals surface area contributed by atoms with Crippen LogP contribution in [0.25, 0.3) is 0 Å². The lowest BCUT2D eigenvalue weighted by molar-refractivity contribution is -0.870. The molecule has 3 atom stereocenters. The maximum atomic E-state index is 13.5. The topological polar surface area (TPSA) is 111 Å². The minimum Gasteiger partial charge on any atom is -0.456 e. The van der Waals surface area contributed by atoms with Gasteiger partial charge in [-0.2, -0.15) is 0 Å². The quantitative estimate of drug-likeness (QED) is 0.0205. The summed E-state index contributed by atoms with van der Waals surface area (Å²) < 4.78 is 30.6. The van der Waals surface area contributed by atoms with Crippen molar-refractivity contribution in [2.45, 2.75) is 251 Å². The van der Waals surface area contributed by atoms with Gasteiger partial charge in [-0.15, -0.1) is 0 Å². The molecule has 73 heavy (non-hydrogen) atoms. The fraction of sp³-hybridized carbons (Fsp3) is 0.714. The van der Waals surface area contributed by atoms with Crippen LogP contribution in [0.2, 0.25) is 0 Å². The molecule has 0 bridgehead atoms. The van der Waals surface area contributed by atoms with Gasteiger partial charge in [0.25, 0.3) is 0 Å². The van der Waals surface area contributed by atoms with Crippen molar-refractivity contribution in [2.75, 3.05) is 40.9 Å². The number of amides is 1. The molecule has 0 aliphatic heterocycles. The SMILES string of the molecule is CC/C=C\C/C=C\C/C=C\C/C=C\C/C=C\C/C=C\CCCCC(=O)OC(/C=C\CCCCCCCCCCCCC)C(COP(=O)(O)OCC[N+](C)(C)C)NC(=O)CCCCC/C=C\CCCCCCCC. The first-order chi connectivity index (χ1) is 35.4. The third-order valence-corrected chi connectivity index (χ3v) is 13.5. The Balaban J connectivity index is 5.43. The van der Waals surface area contributed by atoms with Crippen LogP contribution >= 0.6 is 7.82 Å². The van der Waals surface area contributed by atoms with Crippen molar-refractivity contribution in [1.82, 2.24) is 5.32 Å². The van der Waals surface area contributed by atoms with Crippen LogP contribution in [0.1, 0.15) is 239 Å². The van der Waals surface area contributed by atoms with E-state index in [-0.39, 0.29) is 31.5 Å². The van der Waals surface area contributed by atoms with Crippen molar-refractivity contribution >= 4 is 19.7 Å². The third kappa shape index (κ3) is 53.6. The molecule has 0 saturated carbocycles. The molecule has 9 nitrogen and oxygen atoms in total. The molecule has 0 fully saturated rings. The summed E-state index contributed by atoms with van der Waals surface area (Å²) in [6.07, 6.45) is 69.8. The monoisotopic (exact) mass is 1040 g/mol. The molecule has 0 rings (SSSR count). The molecule has 1 amide bonds. The van der Waals surface area contributed by atoms with Crippen LogP contribution in [-0.4, -0.2) is 74.3 Å². The van der Waals surface area contributed by atoms with Gasteiger partial charge in [0.1, 0.15) is 19.3 Å². The van der Waals surface area contributed by atoms with Crippen LogP contribution in [0.3, 0.4) is 0 Å². The Bertz CT molecular complexity index is 1570. The Morgan fingerprint density at radius 2 is 0.877 bits per heavy atom. The number of hydrogen-bond donors (Lipinski definition) is 2. The van der Waals surface area contributed by atoms with Gasteiger partial charge >= 0.3 is 13.8 Å². The van der Waals surface area contributed by atoms with Gasteiger partial charge in [0, 0.05) is 12.8 Å². The first-order valence-corrected chi connectivity index (χ1v) is 31.1. The molecule has 0 radical (unpaired) electrons. The minimum atomic E-state index is -4.46. The number of phosphoric acid groups is 1. The number of rotatable bonds is 52. The molecule has 0 aliphatic rings. The summed E-state index contributed by atoms with van der Waals surface area (Å²) >= 11 is 0. The van der Waals surface area contributed by atoms with Crippen molar-refractivity contribution in [3.8, 4) is 0 Å². The molecule has 0 heterocycles. The number of quaternary nitrogens is 1. The Labute approximate surface area is 449 Å². The van der Waals surface area contributed by atoms with Crippen molar-refractivity contribution in [3.63, 3.8) is 0 Å². The van der Waals surface area contributed by atoms with Gasteiger partial charge in [-0.05, 0) is 109 Å². The zero-order valence-electron chi connectivity index (χ0n) is 47.8. The van der Waals surface area contributed by atoms with Crippen LogP contribution in [0.15, 0.2) is 97.2 Å². The Hall–Kier alpha value is -3.07. The van der Waals surface area contributed by atoms with Crippen molar-refractivity contribution < 1.29 is 37.3 Å². The number of hydrogen-bond acceptors (Lipinski definition) is 6. The van der Waals surface area contributed by atoms with Crippen molar-refractivity contribution in [2.24, 2.45) is 0 Å². The second-order valence-corrected chi connectivity index (χ2v) is 22.2. The fourth-order valence-corrected chi connectivity index (χ4v) is 8.67. The van der Waals surface area contributed by atoms with Crippen LogP contribution in [0.4, 0.5) is 0 Å². The summed E-state index contributed by atoms with van der Waals surface area (Å²) in [6, 6.07) is -0.878. The van der Waals surface area contributed by atoms with Gasteiger partial charge in [-0.25, -0.2) is 4.57 Å². The molecule has 10 heteroatoms. The highest BCUT2D eigenvalue weighted by Crippen LogP contribution is 2.43. The van der Waals surface area contributed by atoms with Gasteiger partial charge in [-0.1, -0.05) is 215 Å². The summed E-state index contributed by atoms with van der Waals surface area (Å²) in [5.74, 6) is -0.579. The van der Waals surface area contributed by atoms with Crippen molar-refractivity contribution in [1.29, 1.82) is 0 Å². The number of ether oxygens (including phenoxy) is 1. The van der Waals surface area contributed by atoms with Gasteiger partial charge in [-0.3, -0.25) is 18.6 Å². The summed E-state index contributed by atoms with van der Waals surface area (Å²) in [6.45, 7) is 6.84. The zero-order chi connectivity index (χ0) is 53.6. The highest BCUT2D eigenvalue weighted by Gasteiger charge is 2.30. The number of nitrogens with one attached hydrogen (secondary N) is 1. The lowest BCUT2D eigenvalue weighted by Gasteiger charge is -2.27. The Kier molecular flexibility index (Phi) is 50.2. The Morgan fingerprint density at radius 1 is 0.493 bits per heavy atom. The summed E-state index contributed by atoms with van der Waals surface area (Å²) in [4.78, 5) is 37.6. The molecule has 0 aromatic carbocycles. The largest absolute Gasteiger partial charge is 0.472 e. The number of esters is 1. The van der Waals surface area contributed by atoms with Gasteiger partial charge in [0.05, 0.1) is 33.8 Å². The van der Waals surface area contributed by atoms with E-state index >= 15 is 0 Å². The van der Waals surface area contributed by atoms with Gasteiger partial charge < -0.3 is 19.4 Å². The van der Waals surface area contributed by atoms with Crippen LogP contribution in [0, 0.1) is 0 Å². The molecule has 0 aliphatic carbocycles. The van der Waals surface area contributed by atoms with E-state index < -0.39 is 20.0 Å². The second kappa shape index (κ2) is 52.4. The van der Waals surface area contributed by atoms with E-state index in [2.05, 4.69) is 111 Å². The lowest BCUT2D eigenvalue weighted by atomic mass is 10.0. The van der Waals surface area contributed by atoms with E-state index in [1.807, 2.05) is 33.3 Å². The molecule has 420 valence electrons. The third-order valence-electron chi connectivity index (χ3n) is 12.5. The van der Waals surface area contributed by atoms with E-state index in [0.717, 1.165) is 96.3 Å². The van der Waals surface area contributed by atoms with Crippen LogP contribution in [-0.2, 0) is 27.9 Å². The summed E-state index contributed by atoms with van der Waals surface area (Å²) in [5, 5.41) is 3.03.